The minimum absolute atomic E-state index is 0.0699. The van der Waals surface area contributed by atoms with Gasteiger partial charge in [-0.25, -0.2) is 4.39 Å². The van der Waals surface area contributed by atoms with Gasteiger partial charge in [0.15, 0.2) is 5.82 Å². The highest BCUT2D eigenvalue weighted by atomic mass is 19.1. The molecule has 1 aromatic carbocycles. The van der Waals surface area contributed by atoms with Gasteiger partial charge in [0.05, 0.1) is 17.3 Å². The lowest BCUT2D eigenvalue weighted by Gasteiger charge is -2.09. The molecule has 2 aromatic rings. The van der Waals surface area contributed by atoms with Crippen molar-refractivity contribution in [2.75, 3.05) is 7.05 Å². The van der Waals surface area contributed by atoms with E-state index in [4.69, 9.17) is 0 Å². The van der Waals surface area contributed by atoms with E-state index in [1.165, 1.54) is 7.05 Å². The zero-order chi connectivity index (χ0) is 13.1. The molecule has 0 bridgehead atoms. The Labute approximate surface area is 105 Å². The quantitative estimate of drug-likeness (QED) is 0.904. The number of nitrogens with zero attached hydrogens (tertiary/aromatic N) is 1. The molecule has 0 saturated heterocycles. The molecule has 0 saturated carbocycles. The summed E-state index contributed by atoms with van der Waals surface area (Å²) in [6, 6.07) is 5.53. The number of carbonyl (C=O) groups excluding carboxylic acids is 1. The Kier molecular flexibility index (Phi) is 3.55. The van der Waals surface area contributed by atoms with Gasteiger partial charge in [-0.1, -0.05) is 31.5 Å². The van der Waals surface area contributed by atoms with Gasteiger partial charge in [0.1, 0.15) is 0 Å². The molecule has 0 aliphatic carbocycles. The second-order valence-electron chi connectivity index (χ2n) is 4.12. The molecule has 0 atom stereocenters. The lowest BCUT2D eigenvalue weighted by atomic mass is 10.0. The molecule has 18 heavy (non-hydrogen) atoms. The van der Waals surface area contributed by atoms with Crippen molar-refractivity contribution in [3.05, 3.63) is 41.3 Å². The molecule has 0 radical (unpaired) electrons. The third kappa shape index (κ3) is 2.06. The fraction of sp³-hybridized carbons (Fsp3) is 0.286. The van der Waals surface area contributed by atoms with Gasteiger partial charge in [-0.05, 0) is 12.0 Å². The number of amides is 1. The third-order valence-corrected chi connectivity index (χ3v) is 2.91. The molecule has 1 heterocycles. The minimum atomic E-state index is -0.588. The van der Waals surface area contributed by atoms with Crippen molar-refractivity contribution >= 4 is 16.8 Å². The zero-order valence-corrected chi connectivity index (χ0v) is 10.5. The van der Waals surface area contributed by atoms with Gasteiger partial charge in [0.25, 0.3) is 5.91 Å². The molecule has 0 spiro atoms. The van der Waals surface area contributed by atoms with Crippen molar-refractivity contribution in [3.8, 4) is 0 Å². The number of pyridine rings is 1. The number of rotatable bonds is 3. The van der Waals surface area contributed by atoms with E-state index >= 15 is 0 Å². The Morgan fingerprint density at radius 2 is 2.22 bits per heavy atom. The third-order valence-electron chi connectivity index (χ3n) is 2.91. The molecule has 4 heteroatoms. The van der Waals surface area contributed by atoms with E-state index in [-0.39, 0.29) is 5.56 Å². The summed E-state index contributed by atoms with van der Waals surface area (Å²) in [5.41, 5.74) is 1.82. The lowest BCUT2D eigenvalue weighted by Crippen LogP contribution is -2.20. The first-order valence-corrected chi connectivity index (χ1v) is 5.97. The summed E-state index contributed by atoms with van der Waals surface area (Å²) in [5, 5.41) is 3.03. The van der Waals surface area contributed by atoms with E-state index in [0.29, 0.717) is 10.9 Å². The maximum atomic E-state index is 13.8. The SMILES string of the molecule is CCCc1cccc2c(C(=O)NC)c(F)cnc12. The van der Waals surface area contributed by atoms with Crippen LogP contribution in [0.15, 0.2) is 24.4 Å². The van der Waals surface area contributed by atoms with Gasteiger partial charge < -0.3 is 5.32 Å². The number of halogens is 1. The number of aryl methyl sites for hydroxylation is 1. The van der Waals surface area contributed by atoms with Crippen LogP contribution in [0.1, 0.15) is 29.3 Å². The van der Waals surface area contributed by atoms with Crippen molar-refractivity contribution < 1.29 is 9.18 Å². The van der Waals surface area contributed by atoms with Crippen LogP contribution in [-0.4, -0.2) is 17.9 Å². The van der Waals surface area contributed by atoms with E-state index in [1.54, 1.807) is 6.07 Å². The zero-order valence-electron chi connectivity index (χ0n) is 10.5. The Hall–Kier alpha value is -1.97. The summed E-state index contributed by atoms with van der Waals surface area (Å²) in [5.74, 6) is -1.01. The van der Waals surface area contributed by atoms with E-state index in [0.717, 1.165) is 24.6 Å². The highest BCUT2D eigenvalue weighted by Crippen LogP contribution is 2.23. The molecule has 94 valence electrons. The highest BCUT2D eigenvalue weighted by molar-refractivity contribution is 6.06. The number of carbonyl (C=O) groups is 1. The van der Waals surface area contributed by atoms with E-state index in [2.05, 4.69) is 17.2 Å². The summed E-state index contributed by atoms with van der Waals surface area (Å²) in [6.45, 7) is 2.07. The maximum absolute atomic E-state index is 13.8. The fourth-order valence-electron chi connectivity index (χ4n) is 2.09. The van der Waals surface area contributed by atoms with Crippen molar-refractivity contribution in [1.82, 2.24) is 10.3 Å². The summed E-state index contributed by atoms with van der Waals surface area (Å²) in [4.78, 5) is 15.9. The first kappa shape index (κ1) is 12.5. The standard InChI is InChI=1S/C14H15FN2O/c1-3-5-9-6-4-7-10-12(14(18)16-2)11(15)8-17-13(9)10/h4,6-8H,3,5H2,1-2H3,(H,16,18). The van der Waals surface area contributed by atoms with Crippen molar-refractivity contribution in [2.45, 2.75) is 19.8 Å². The summed E-state index contributed by atoms with van der Waals surface area (Å²) in [6.07, 6.45) is 2.96. The van der Waals surface area contributed by atoms with E-state index in [9.17, 15) is 9.18 Å². The average Bonchev–Trinajstić information content (AvgIpc) is 2.38. The lowest BCUT2D eigenvalue weighted by molar-refractivity contribution is 0.0961. The topological polar surface area (TPSA) is 42.0 Å². The van der Waals surface area contributed by atoms with E-state index in [1.807, 2.05) is 12.1 Å². The van der Waals surface area contributed by atoms with Crippen LogP contribution in [0, 0.1) is 5.82 Å². The Bertz CT molecular complexity index is 596. The number of hydrogen-bond acceptors (Lipinski definition) is 2. The predicted molar refractivity (Wildman–Crippen MR) is 69.1 cm³/mol. The van der Waals surface area contributed by atoms with Gasteiger partial charge in [-0.15, -0.1) is 0 Å². The number of benzene rings is 1. The van der Waals surface area contributed by atoms with Crippen molar-refractivity contribution in [2.24, 2.45) is 0 Å². The van der Waals surface area contributed by atoms with Gasteiger partial charge >= 0.3 is 0 Å². The van der Waals surface area contributed by atoms with Crippen LogP contribution in [0.25, 0.3) is 10.9 Å². The molecule has 1 amide bonds. The molecular formula is C14H15FN2O. The first-order chi connectivity index (χ1) is 8.69. The Morgan fingerprint density at radius 3 is 2.89 bits per heavy atom. The van der Waals surface area contributed by atoms with Crippen LogP contribution in [0.5, 0.6) is 0 Å². The Balaban J connectivity index is 2.74. The highest BCUT2D eigenvalue weighted by Gasteiger charge is 2.16. The second kappa shape index (κ2) is 5.12. The smallest absolute Gasteiger partial charge is 0.254 e. The maximum Gasteiger partial charge on any atom is 0.254 e. The summed E-state index contributed by atoms with van der Waals surface area (Å²) >= 11 is 0. The predicted octanol–water partition coefficient (Wildman–Crippen LogP) is 2.69. The van der Waals surface area contributed by atoms with Crippen LogP contribution in [0.4, 0.5) is 4.39 Å². The number of para-hydroxylation sites is 1. The number of fused-ring (bicyclic) bond motifs is 1. The molecular weight excluding hydrogens is 231 g/mol. The van der Waals surface area contributed by atoms with Gasteiger partial charge in [0, 0.05) is 12.4 Å². The molecule has 1 aromatic heterocycles. The average molecular weight is 246 g/mol. The molecule has 1 N–H and O–H groups in total. The molecule has 0 fully saturated rings. The van der Waals surface area contributed by atoms with Crippen LogP contribution in [-0.2, 0) is 6.42 Å². The Morgan fingerprint density at radius 1 is 1.44 bits per heavy atom. The van der Waals surface area contributed by atoms with Gasteiger partial charge in [-0.2, -0.15) is 0 Å². The molecule has 2 rings (SSSR count). The molecule has 0 aliphatic rings. The van der Waals surface area contributed by atoms with Crippen molar-refractivity contribution in [3.63, 3.8) is 0 Å². The molecule has 0 aliphatic heterocycles. The monoisotopic (exact) mass is 246 g/mol. The molecule has 3 nitrogen and oxygen atoms in total. The minimum Gasteiger partial charge on any atom is -0.355 e. The summed E-state index contributed by atoms with van der Waals surface area (Å²) in [7, 11) is 1.49. The number of hydrogen-bond donors (Lipinski definition) is 1. The normalized spacial score (nSPS) is 10.6. The summed E-state index contributed by atoms with van der Waals surface area (Å²) < 4.78 is 13.8. The van der Waals surface area contributed by atoms with Gasteiger partial charge in [0.2, 0.25) is 0 Å². The van der Waals surface area contributed by atoms with Crippen LogP contribution < -0.4 is 5.32 Å². The second-order valence-corrected chi connectivity index (χ2v) is 4.12. The van der Waals surface area contributed by atoms with Gasteiger partial charge in [-0.3, -0.25) is 9.78 Å². The largest absolute Gasteiger partial charge is 0.355 e. The van der Waals surface area contributed by atoms with Crippen LogP contribution in [0.3, 0.4) is 0 Å². The van der Waals surface area contributed by atoms with Crippen LogP contribution in [0.2, 0.25) is 0 Å². The fourth-order valence-corrected chi connectivity index (χ4v) is 2.09. The van der Waals surface area contributed by atoms with E-state index < -0.39 is 11.7 Å². The number of nitrogens with one attached hydrogen (secondary N) is 1. The van der Waals surface area contributed by atoms with Crippen LogP contribution >= 0.6 is 0 Å². The molecule has 0 unspecified atom stereocenters. The number of aromatic nitrogens is 1. The first-order valence-electron chi connectivity index (χ1n) is 5.97. The van der Waals surface area contributed by atoms with Crippen molar-refractivity contribution in [1.29, 1.82) is 0 Å².